The van der Waals surface area contributed by atoms with Gasteiger partial charge < -0.3 is 23.8 Å². The highest BCUT2D eigenvalue weighted by Gasteiger charge is 2.34. The van der Waals surface area contributed by atoms with Gasteiger partial charge in [0.15, 0.2) is 0 Å². The molecule has 160 valence electrons. The molecule has 0 radical (unpaired) electrons. The van der Waals surface area contributed by atoms with Crippen LogP contribution >= 0.6 is 7.67 Å². The summed E-state index contributed by atoms with van der Waals surface area (Å²) in [5.74, 6) is 1.68. The van der Waals surface area contributed by atoms with Crippen LogP contribution in [0.15, 0.2) is 36.4 Å². The second-order valence-electron chi connectivity index (χ2n) is 6.69. The summed E-state index contributed by atoms with van der Waals surface area (Å²) >= 11 is 0. The Hall–Kier alpha value is -2.25. The Bertz CT molecular complexity index is 858. The molecule has 2 rings (SSSR count). The van der Waals surface area contributed by atoms with E-state index in [0.717, 1.165) is 0 Å². The molecule has 0 fully saturated rings. The molecule has 0 saturated heterocycles. The van der Waals surface area contributed by atoms with Crippen LogP contribution in [0.25, 0.3) is 0 Å². The maximum absolute atomic E-state index is 13.4. The van der Waals surface area contributed by atoms with Crippen LogP contribution in [0.5, 0.6) is 23.0 Å². The lowest BCUT2D eigenvalue weighted by atomic mass is 9.99. The monoisotopic (exact) mass is 424 g/mol. The van der Waals surface area contributed by atoms with E-state index in [1.165, 1.54) is 23.6 Å². The van der Waals surface area contributed by atoms with E-state index in [1.807, 2.05) is 0 Å². The van der Waals surface area contributed by atoms with Gasteiger partial charge in [0.1, 0.15) is 29.1 Å². The number of aliphatic hydroxyl groups is 1. The summed E-state index contributed by atoms with van der Waals surface area (Å²) in [5.41, 5.74) is 0.950. The van der Waals surface area contributed by atoms with Crippen LogP contribution in [0.4, 0.5) is 0 Å². The van der Waals surface area contributed by atoms with Crippen molar-refractivity contribution in [1.82, 2.24) is 9.34 Å². The first-order valence-electron chi connectivity index (χ1n) is 8.91. The summed E-state index contributed by atoms with van der Waals surface area (Å²) in [6.45, 7) is 0. The van der Waals surface area contributed by atoms with Crippen LogP contribution < -0.4 is 18.7 Å². The zero-order chi connectivity index (χ0) is 21.8. The van der Waals surface area contributed by atoms with Crippen LogP contribution in [-0.4, -0.2) is 64.0 Å². The third-order valence-corrected chi connectivity index (χ3v) is 6.92. The number of ether oxygens (including phenoxy) is 3. The third kappa shape index (κ3) is 4.85. The molecule has 2 aromatic rings. The predicted octanol–water partition coefficient (Wildman–Crippen LogP) is 3.40. The number of rotatable bonds is 9. The Kier molecular flexibility index (Phi) is 7.54. The smallest absolute Gasteiger partial charge is 0.394 e. The van der Waals surface area contributed by atoms with Gasteiger partial charge in [0.2, 0.25) is 0 Å². The van der Waals surface area contributed by atoms with Gasteiger partial charge in [0, 0.05) is 12.1 Å². The summed E-state index contributed by atoms with van der Waals surface area (Å²) in [6.07, 6.45) is -1.09. The van der Waals surface area contributed by atoms with E-state index in [1.54, 1.807) is 71.7 Å². The fourth-order valence-electron chi connectivity index (χ4n) is 2.81. The van der Waals surface area contributed by atoms with Gasteiger partial charge in [-0.05, 0) is 45.9 Å². The predicted molar refractivity (Wildman–Crippen MR) is 112 cm³/mol. The Morgan fingerprint density at radius 2 is 1.34 bits per heavy atom. The highest BCUT2D eigenvalue weighted by Crippen LogP contribution is 2.54. The molecule has 0 saturated carbocycles. The Balaban J connectivity index is 2.63. The number of hydrogen-bond donors (Lipinski definition) is 1. The van der Waals surface area contributed by atoms with Gasteiger partial charge in [0.25, 0.3) is 0 Å². The van der Waals surface area contributed by atoms with Crippen molar-refractivity contribution < 1.29 is 28.4 Å². The minimum Gasteiger partial charge on any atom is -0.497 e. The van der Waals surface area contributed by atoms with Crippen molar-refractivity contribution in [2.45, 2.75) is 6.10 Å². The summed E-state index contributed by atoms with van der Waals surface area (Å²) in [7, 11) is 7.83. The highest BCUT2D eigenvalue weighted by molar-refractivity contribution is 7.54. The molecular weight excluding hydrogens is 395 g/mol. The fourth-order valence-corrected chi connectivity index (χ4v) is 4.26. The number of hydrogen-bond acceptors (Lipinski definition) is 6. The van der Waals surface area contributed by atoms with Gasteiger partial charge in [-0.2, -0.15) is 0 Å². The minimum absolute atomic E-state index is 0.204. The molecule has 0 aliphatic rings. The summed E-state index contributed by atoms with van der Waals surface area (Å²) in [4.78, 5) is 0. The van der Waals surface area contributed by atoms with Crippen LogP contribution in [0.2, 0.25) is 0 Å². The van der Waals surface area contributed by atoms with Crippen molar-refractivity contribution in [2.75, 3.05) is 49.5 Å². The minimum atomic E-state index is -3.39. The Morgan fingerprint density at radius 1 is 0.828 bits per heavy atom. The SMILES string of the molecule is COc1ccc(C(O)c2c(OC)cc(OC)cc2OP(=O)(N(C)C)N(C)C)cc1. The van der Waals surface area contributed by atoms with Gasteiger partial charge in [0.05, 0.1) is 26.9 Å². The van der Waals surface area contributed by atoms with E-state index in [4.69, 9.17) is 18.7 Å². The molecule has 8 nitrogen and oxygen atoms in total. The summed E-state index contributed by atoms with van der Waals surface area (Å²) < 4.78 is 38.4. The largest absolute Gasteiger partial charge is 0.497 e. The van der Waals surface area contributed by atoms with E-state index in [0.29, 0.717) is 28.4 Å². The van der Waals surface area contributed by atoms with E-state index >= 15 is 0 Å². The molecule has 1 unspecified atom stereocenters. The van der Waals surface area contributed by atoms with Gasteiger partial charge in [-0.3, -0.25) is 0 Å². The Labute approximate surface area is 172 Å². The first-order valence-corrected chi connectivity index (χ1v) is 10.4. The molecule has 1 atom stereocenters. The number of aliphatic hydroxyl groups excluding tert-OH is 1. The molecular formula is C20H29N2O6P. The Morgan fingerprint density at radius 3 is 1.79 bits per heavy atom. The lowest BCUT2D eigenvalue weighted by Crippen LogP contribution is -2.25. The van der Waals surface area contributed by atoms with E-state index in [9.17, 15) is 9.67 Å². The number of methoxy groups -OCH3 is 3. The van der Waals surface area contributed by atoms with Gasteiger partial charge in [-0.25, -0.2) is 13.9 Å². The fraction of sp³-hybridized carbons (Fsp3) is 0.400. The summed E-state index contributed by atoms with van der Waals surface area (Å²) in [6, 6.07) is 10.2. The maximum Gasteiger partial charge on any atom is 0.394 e. The van der Waals surface area contributed by atoms with Crippen molar-refractivity contribution in [3.05, 3.63) is 47.5 Å². The molecule has 1 N–H and O–H groups in total. The lowest BCUT2D eigenvalue weighted by Gasteiger charge is -2.31. The standard InChI is InChI=1S/C20H29N2O6P/c1-21(2)29(24,22(3)4)28-18-13-16(26-6)12-17(27-7)19(18)20(23)14-8-10-15(25-5)11-9-14/h8-13,20,23H,1-7H3. The molecule has 0 bridgehead atoms. The molecule has 0 spiro atoms. The molecule has 0 aromatic heterocycles. The van der Waals surface area contributed by atoms with Crippen molar-refractivity contribution >= 4 is 7.67 Å². The van der Waals surface area contributed by atoms with Crippen LogP contribution in [-0.2, 0) is 4.57 Å². The highest BCUT2D eigenvalue weighted by atomic mass is 31.2. The molecule has 9 heteroatoms. The maximum atomic E-state index is 13.4. The third-order valence-electron chi connectivity index (χ3n) is 4.47. The number of nitrogens with zero attached hydrogens (tertiary/aromatic N) is 2. The quantitative estimate of drug-likeness (QED) is 0.614. The second kappa shape index (κ2) is 9.50. The average molecular weight is 424 g/mol. The van der Waals surface area contributed by atoms with Gasteiger partial charge >= 0.3 is 7.67 Å². The van der Waals surface area contributed by atoms with Crippen molar-refractivity contribution in [1.29, 1.82) is 0 Å². The molecule has 0 aliphatic heterocycles. The van der Waals surface area contributed by atoms with Crippen LogP contribution in [0.1, 0.15) is 17.2 Å². The lowest BCUT2D eigenvalue weighted by molar-refractivity contribution is 0.210. The van der Waals surface area contributed by atoms with E-state index in [2.05, 4.69) is 0 Å². The molecule has 0 heterocycles. The number of benzene rings is 2. The normalized spacial score (nSPS) is 12.8. The molecule has 2 aromatic carbocycles. The zero-order valence-electron chi connectivity index (χ0n) is 17.9. The molecule has 0 amide bonds. The van der Waals surface area contributed by atoms with Crippen molar-refractivity contribution in [2.24, 2.45) is 0 Å². The van der Waals surface area contributed by atoms with Crippen molar-refractivity contribution in [3.8, 4) is 23.0 Å². The van der Waals surface area contributed by atoms with Gasteiger partial charge in [-0.1, -0.05) is 12.1 Å². The average Bonchev–Trinajstić information content (AvgIpc) is 2.72. The first-order chi connectivity index (χ1) is 13.7. The van der Waals surface area contributed by atoms with Crippen LogP contribution in [0.3, 0.4) is 0 Å². The second-order valence-corrected chi connectivity index (χ2v) is 9.46. The van der Waals surface area contributed by atoms with Crippen molar-refractivity contribution in [3.63, 3.8) is 0 Å². The zero-order valence-corrected chi connectivity index (χ0v) is 18.8. The first kappa shape index (κ1) is 23.0. The van der Waals surface area contributed by atoms with Crippen LogP contribution in [0, 0.1) is 0 Å². The molecule has 0 aliphatic carbocycles. The topological polar surface area (TPSA) is 80.7 Å². The molecule has 29 heavy (non-hydrogen) atoms. The van der Waals surface area contributed by atoms with E-state index in [-0.39, 0.29) is 5.75 Å². The van der Waals surface area contributed by atoms with Gasteiger partial charge in [-0.15, -0.1) is 0 Å². The summed E-state index contributed by atoms with van der Waals surface area (Å²) in [5, 5.41) is 11.1. The van der Waals surface area contributed by atoms with E-state index < -0.39 is 13.8 Å².